The Morgan fingerprint density at radius 3 is 2.78 bits per heavy atom. The topological polar surface area (TPSA) is 21.1 Å². The molecule has 104 valence electrons. The van der Waals surface area contributed by atoms with E-state index in [-0.39, 0.29) is 0 Å². The number of nitrogens with zero attached hydrogens (tertiary/aromatic N) is 3. The van der Waals surface area contributed by atoms with E-state index in [2.05, 4.69) is 34.6 Å². The molecule has 0 N–H and O–H groups in total. The first-order valence-corrected chi connectivity index (χ1v) is 7.47. The van der Waals surface area contributed by atoms with Gasteiger partial charge in [0.2, 0.25) is 0 Å². The quantitative estimate of drug-likeness (QED) is 0.819. The molecule has 1 aromatic rings. The lowest BCUT2D eigenvalue weighted by atomic mass is 9.95. The maximum Gasteiger partial charge on any atom is 0.0949 e. The van der Waals surface area contributed by atoms with Crippen LogP contribution in [0.3, 0.4) is 0 Å². The fourth-order valence-electron chi connectivity index (χ4n) is 2.55. The van der Waals surface area contributed by atoms with Gasteiger partial charge in [-0.2, -0.15) is 0 Å². The Hall–Kier alpha value is -0.830. The Bertz CT molecular complexity index is 319. The van der Waals surface area contributed by atoms with Crippen molar-refractivity contribution < 1.29 is 0 Å². The van der Waals surface area contributed by atoms with Crippen molar-refractivity contribution in [2.75, 3.05) is 20.1 Å². The van der Waals surface area contributed by atoms with Crippen molar-refractivity contribution in [3.63, 3.8) is 0 Å². The second-order valence-corrected chi connectivity index (χ2v) is 5.02. The molecule has 0 saturated carbocycles. The third-order valence-electron chi connectivity index (χ3n) is 3.57. The molecule has 1 aliphatic heterocycles. The zero-order valence-electron chi connectivity index (χ0n) is 12.5. The number of aryl methyl sites for hydroxylation is 2. The van der Waals surface area contributed by atoms with Crippen LogP contribution in [-0.4, -0.2) is 34.6 Å². The normalized spacial score (nSPS) is 20.3. The van der Waals surface area contributed by atoms with E-state index in [0.717, 1.165) is 18.9 Å². The lowest BCUT2D eigenvalue weighted by Gasteiger charge is -2.29. The van der Waals surface area contributed by atoms with Crippen LogP contribution in [-0.2, 0) is 13.0 Å². The highest BCUT2D eigenvalue weighted by molar-refractivity contribution is 4.95. The summed E-state index contributed by atoms with van der Waals surface area (Å²) in [5.74, 6) is 0.881. The molecule has 3 nitrogen and oxygen atoms in total. The zero-order valence-corrected chi connectivity index (χ0v) is 12.5. The van der Waals surface area contributed by atoms with Gasteiger partial charge in [-0.25, -0.2) is 4.98 Å². The van der Waals surface area contributed by atoms with Crippen LogP contribution in [0.4, 0.5) is 0 Å². The van der Waals surface area contributed by atoms with E-state index < -0.39 is 0 Å². The molecule has 0 aliphatic carbocycles. The molecule has 0 spiro atoms. The van der Waals surface area contributed by atoms with Crippen molar-refractivity contribution in [1.82, 2.24) is 14.5 Å². The highest BCUT2D eigenvalue weighted by Gasteiger charge is 2.16. The van der Waals surface area contributed by atoms with Gasteiger partial charge >= 0.3 is 0 Å². The van der Waals surface area contributed by atoms with E-state index in [1.54, 1.807) is 0 Å². The van der Waals surface area contributed by atoms with Crippen molar-refractivity contribution in [3.05, 3.63) is 18.2 Å². The van der Waals surface area contributed by atoms with Crippen LogP contribution in [0.1, 0.15) is 45.7 Å². The molecule has 1 aliphatic rings. The van der Waals surface area contributed by atoms with E-state index in [0.29, 0.717) is 0 Å². The van der Waals surface area contributed by atoms with E-state index in [9.17, 15) is 0 Å². The zero-order chi connectivity index (χ0) is 13.4. The number of piperidine rings is 1. The molecule has 1 aromatic heterocycles. The number of aromatic nitrogens is 2. The molecule has 1 atom stereocenters. The summed E-state index contributed by atoms with van der Waals surface area (Å²) in [4.78, 5) is 6.82. The van der Waals surface area contributed by atoms with Gasteiger partial charge in [0.15, 0.2) is 0 Å². The number of likely N-dealkylation sites (tertiary alicyclic amines) is 1. The molecule has 0 amide bonds. The van der Waals surface area contributed by atoms with Gasteiger partial charge in [0.25, 0.3) is 0 Å². The fourth-order valence-corrected chi connectivity index (χ4v) is 2.55. The van der Waals surface area contributed by atoms with Crippen LogP contribution in [0.25, 0.3) is 0 Å². The van der Waals surface area contributed by atoms with Crippen molar-refractivity contribution in [1.29, 1.82) is 0 Å². The van der Waals surface area contributed by atoms with Gasteiger partial charge in [0.05, 0.1) is 12.0 Å². The molecule has 2 heterocycles. The van der Waals surface area contributed by atoms with Gasteiger partial charge in [-0.3, -0.25) is 0 Å². The van der Waals surface area contributed by atoms with Gasteiger partial charge < -0.3 is 9.47 Å². The number of hydrogen-bond acceptors (Lipinski definition) is 2. The second-order valence-electron chi connectivity index (χ2n) is 5.02. The van der Waals surface area contributed by atoms with E-state index in [1.807, 2.05) is 20.2 Å². The van der Waals surface area contributed by atoms with Crippen LogP contribution in [0.5, 0.6) is 0 Å². The summed E-state index contributed by atoms with van der Waals surface area (Å²) in [5.41, 5.74) is 1.21. The van der Waals surface area contributed by atoms with Crippen molar-refractivity contribution >= 4 is 0 Å². The summed E-state index contributed by atoms with van der Waals surface area (Å²) in [7, 11) is 2.23. The van der Waals surface area contributed by atoms with Crippen LogP contribution < -0.4 is 0 Å². The molecular formula is C15H29N3. The van der Waals surface area contributed by atoms with E-state index >= 15 is 0 Å². The van der Waals surface area contributed by atoms with Crippen molar-refractivity contribution in [2.24, 2.45) is 5.92 Å². The Morgan fingerprint density at radius 2 is 2.17 bits per heavy atom. The maximum atomic E-state index is 4.37. The van der Waals surface area contributed by atoms with E-state index in [1.165, 1.54) is 38.0 Å². The van der Waals surface area contributed by atoms with Gasteiger partial charge in [-0.1, -0.05) is 20.8 Å². The second kappa shape index (κ2) is 8.30. The predicted octanol–water partition coefficient (Wildman–Crippen LogP) is 3.20. The lowest BCUT2D eigenvalue weighted by molar-refractivity contribution is 0.197. The molecule has 1 unspecified atom stereocenters. The fraction of sp³-hybridized carbons (Fsp3) is 0.800. The summed E-state index contributed by atoms with van der Waals surface area (Å²) >= 11 is 0. The molecule has 1 saturated heterocycles. The minimum absolute atomic E-state index is 0.881. The van der Waals surface area contributed by atoms with Crippen molar-refractivity contribution in [2.45, 2.75) is 53.0 Å². The van der Waals surface area contributed by atoms with Crippen LogP contribution in [0, 0.1) is 5.92 Å². The number of hydrogen-bond donors (Lipinski definition) is 0. The first kappa shape index (κ1) is 15.2. The third-order valence-corrected chi connectivity index (χ3v) is 3.57. The van der Waals surface area contributed by atoms with Crippen LogP contribution in [0.2, 0.25) is 0 Å². The van der Waals surface area contributed by atoms with Gasteiger partial charge in [-0.15, -0.1) is 0 Å². The van der Waals surface area contributed by atoms with E-state index in [4.69, 9.17) is 0 Å². The number of imidazole rings is 1. The molecule has 3 heteroatoms. The molecule has 0 aromatic carbocycles. The maximum absolute atomic E-state index is 4.37. The highest BCUT2D eigenvalue weighted by Crippen LogP contribution is 2.19. The largest absolute Gasteiger partial charge is 0.337 e. The Labute approximate surface area is 112 Å². The lowest BCUT2D eigenvalue weighted by Crippen LogP contribution is -2.32. The minimum atomic E-state index is 0.881. The summed E-state index contributed by atoms with van der Waals surface area (Å²) in [5, 5.41) is 0. The predicted molar refractivity (Wildman–Crippen MR) is 77.8 cm³/mol. The minimum Gasteiger partial charge on any atom is -0.337 e. The molecule has 2 rings (SSSR count). The molecule has 1 fully saturated rings. The monoisotopic (exact) mass is 251 g/mol. The Morgan fingerprint density at radius 1 is 1.39 bits per heavy atom. The summed E-state index contributed by atoms with van der Waals surface area (Å²) in [6, 6.07) is 0. The highest BCUT2D eigenvalue weighted by atomic mass is 15.1. The standard InChI is InChI=1S/C13H23N3.C2H6/c1-3-13-10-16(11-14-13)8-6-12-5-4-7-15(2)9-12;1-2/h10-12H,3-9H2,1-2H3;1-2H3. The number of rotatable bonds is 4. The summed E-state index contributed by atoms with van der Waals surface area (Å²) in [6.07, 6.45) is 9.27. The third kappa shape index (κ3) is 4.81. The van der Waals surface area contributed by atoms with Crippen molar-refractivity contribution in [3.8, 4) is 0 Å². The van der Waals surface area contributed by atoms with Crippen LogP contribution in [0.15, 0.2) is 12.5 Å². The Balaban J connectivity index is 0.000000771. The molecule has 18 heavy (non-hydrogen) atoms. The summed E-state index contributed by atoms with van der Waals surface area (Å²) in [6.45, 7) is 9.84. The van der Waals surface area contributed by atoms with Gasteiger partial charge in [0, 0.05) is 19.3 Å². The van der Waals surface area contributed by atoms with Crippen LogP contribution >= 0.6 is 0 Å². The van der Waals surface area contributed by atoms with Gasteiger partial charge in [0.1, 0.15) is 0 Å². The van der Waals surface area contributed by atoms with Gasteiger partial charge in [-0.05, 0) is 45.2 Å². The Kier molecular flexibility index (Phi) is 7.02. The molecule has 0 bridgehead atoms. The average Bonchev–Trinajstić information content (AvgIpc) is 2.87. The smallest absolute Gasteiger partial charge is 0.0949 e. The summed E-state index contributed by atoms with van der Waals surface area (Å²) < 4.78 is 2.24. The molecule has 0 radical (unpaired) electrons. The first-order chi connectivity index (χ1) is 8.78. The first-order valence-electron chi connectivity index (χ1n) is 7.47. The molecular weight excluding hydrogens is 222 g/mol. The SMILES string of the molecule is CC.CCc1cn(CCC2CCCN(C)C2)cn1. The average molecular weight is 251 g/mol.